The van der Waals surface area contributed by atoms with Crippen molar-refractivity contribution >= 4 is 0 Å². The molecule has 4 heteroatoms. The third-order valence-electron chi connectivity index (χ3n) is 2.59. The van der Waals surface area contributed by atoms with E-state index in [-0.39, 0.29) is 6.10 Å². The van der Waals surface area contributed by atoms with Gasteiger partial charge in [-0.3, -0.25) is 0 Å². The second-order valence-corrected chi connectivity index (χ2v) is 4.00. The molecule has 82 valence electrons. The quantitative estimate of drug-likeness (QED) is 0.751. The summed E-state index contributed by atoms with van der Waals surface area (Å²) in [6.45, 7) is 3.69. The van der Waals surface area contributed by atoms with Crippen LogP contribution in [0.3, 0.4) is 0 Å². The van der Waals surface area contributed by atoms with Crippen molar-refractivity contribution in [2.24, 2.45) is 0 Å². The van der Waals surface area contributed by atoms with Crippen LogP contribution in [0, 0.1) is 13.8 Å². The summed E-state index contributed by atoms with van der Waals surface area (Å²) in [5.74, 6) is 1.16. The van der Waals surface area contributed by atoms with Gasteiger partial charge in [-0.2, -0.15) is 4.98 Å². The van der Waals surface area contributed by atoms with E-state index in [2.05, 4.69) is 9.97 Å². The zero-order chi connectivity index (χ0) is 10.8. The Hall–Kier alpha value is -1.19. The fourth-order valence-corrected chi connectivity index (χ4v) is 1.91. The molecule has 0 amide bonds. The van der Waals surface area contributed by atoms with E-state index >= 15 is 0 Å². The van der Waals surface area contributed by atoms with Crippen LogP contribution in [0.2, 0.25) is 0 Å². The summed E-state index contributed by atoms with van der Waals surface area (Å²) < 4.78 is 18.8. The Morgan fingerprint density at radius 1 is 1.33 bits per heavy atom. The first-order chi connectivity index (χ1) is 7.15. The highest BCUT2D eigenvalue weighted by Gasteiger charge is 2.29. The first kappa shape index (κ1) is 10.3. The van der Waals surface area contributed by atoms with E-state index in [0.717, 1.165) is 18.5 Å². The van der Waals surface area contributed by atoms with Gasteiger partial charge in [0, 0.05) is 11.8 Å². The van der Waals surface area contributed by atoms with Crippen molar-refractivity contribution < 1.29 is 9.13 Å². The van der Waals surface area contributed by atoms with E-state index in [0.29, 0.717) is 18.1 Å². The first-order valence-electron chi connectivity index (χ1n) is 5.28. The highest BCUT2D eigenvalue weighted by molar-refractivity contribution is 5.15. The lowest BCUT2D eigenvalue weighted by molar-refractivity contribution is 0.120. The minimum absolute atomic E-state index is 0.321. The van der Waals surface area contributed by atoms with Crippen LogP contribution in [0.4, 0.5) is 4.39 Å². The van der Waals surface area contributed by atoms with Crippen LogP contribution in [0.5, 0.6) is 5.88 Å². The maximum absolute atomic E-state index is 13.3. The molecule has 1 heterocycles. The van der Waals surface area contributed by atoms with E-state index < -0.39 is 6.17 Å². The second kappa shape index (κ2) is 4.13. The maximum Gasteiger partial charge on any atom is 0.217 e. The van der Waals surface area contributed by atoms with Crippen molar-refractivity contribution in [3.63, 3.8) is 0 Å². The Morgan fingerprint density at radius 2 is 2.13 bits per heavy atom. The van der Waals surface area contributed by atoms with Crippen LogP contribution in [0.1, 0.15) is 30.8 Å². The molecular formula is C11H15FN2O. The van der Waals surface area contributed by atoms with Gasteiger partial charge in [-0.15, -0.1) is 0 Å². The fraction of sp³-hybridized carbons (Fsp3) is 0.636. The predicted octanol–water partition coefficient (Wildman–Crippen LogP) is 2.36. The van der Waals surface area contributed by atoms with Gasteiger partial charge < -0.3 is 4.74 Å². The lowest BCUT2D eigenvalue weighted by Crippen LogP contribution is -2.23. The molecule has 1 aliphatic carbocycles. The summed E-state index contributed by atoms with van der Waals surface area (Å²) in [7, 11) is 0. The average molecular weight is 210 g/mol. The summed E-state index contributed by atoms with van der Waals surface area (Å²) in [6, 6.07) is 1.75. The number of aromatic nitrogens is 2. The molecule has 0 N–H and O–H groups in total. The molecule has 3 nitrogen and oxygen atoms in total. The lowest BCUT2D eigenvalue weighted by atomic mass is 10.3. The average Bonchev–Trinajstić information content (AvgIpc) is 2.50. The molecule has 1 saturated carbocycles. The van der Waals surface area contributed by atoms with Gasteiger partial charge in [-0.05, 0) is 33.1 Å². The Morgan fingerprint density at radius 3 is 2.73 bits per heavy atom. The van der Waals surface area contributed by atoms with Gasteiger partial charge in [-0.1, -0.05) is 0 Å². The minimum atomic E-state index is -0.847. The number of aryl methyl sites for hydroxylation is 2. The van der Waals surface area contributed by atoms with Gasteiger partial charge in [0.05, 0.1) is 0 Å². The van der Waals surface area contributed by atoms with Gasteiger partial charge >= 0.3 is 0 Å². The maximum atomic E-state index is 13.3. The first-order valence-corrected chi connectivity index (χ1v) is 5.28. The summed E-state index contributed by atoms with van der Waals surface area (Å²) in [6.07, 6.45) is 1.12. The molecule has 1 fully saturated rings. The highest BCUT2D eigenvalue weighted by atomic mass is 19.1. The summed E-state index contributed by atoms with van der Waals surface area (Å²) in [5, 5.41) is 0. The predicted molar refractivity (Wildman–Crippen MR) is 54.7 cm³/mol. The van der Waals surface area contributed by atoms with Crippen LogP contribution >= 0.6 is 0 Å². The Labute approximate surface area is 88.7 Å². The normalized spacial score (nSPS) is 25.5. The standard InChI is InChI=1S/C11H15FN2O/c1-7-6-11(14-8(2)13-7)15-10-5-3-4-9(10)12/h6,9-10H,3-5H2,1-2H3/t9-,10-/m1/s1. The van der Waals surface area contributed by atoms with Gasteiger partial charge in [0.1, 0.15) is 18.1 Å². The van der Waals surface area contributed by atoms with Gasteiger partial charge in [-0.25, -0.2) is 9.37 Å². The Bertz CT molecular complexity index is 336. The van der Waals surface area contributed by atoms with Gasteiger partial charge in [0.15, 0.2) is 0 Å². The van der Waals surface area contributed by atoms with Crippen LogP contribution in [-0.4, -0.2) is 22.2 Å². The third-order valence-corrected chi connectivity index (χ3v) is 2.59. The SMILES string of the molecule is Cc1cc(O[C@@H]2CCC[C@H]2F)nc(C)n1. The highest BCUT2D eigenvalue weighted by Crippen LogP contribution is 2.26. The molecule has 2 rings (SSSR count). The molecular weight excluding hydrogens is 195 g/mol. The zero-order valence-corrected chi connectivity index (χ0v) is 9.03. The van der Waals surface area contributed by atoms with E-state index in [1.165, 1.54) is 0 Å². The number of hydrogen-bond donors (Lipinski definition) is 0. The van der Waals surface area contributed by atoms with Crippen LogP contribution in [0.15, 0.2) is 6.07 Å². The number of rotatable bonds is 2. The van der Waals surface area contributed by atoms with Crippen molar-refractivity contribution in [3.05, 3.63) is 17.6 Å². The minimum Gasteiger partial charge on any atom is -0.471 e. The number of halogens is 1. The molecule has 0 radical (unpaired) electrons. The molecule has 0 aromatic carbocycles. The largest absolute Gasteiger partial charge is 0.471 e. The molecule has 0 unspecified atom stereocenters. The van der Waals surface area contributed by atoms with Crippen molar-refractivity contribution in [1.29, 1.82) is 0 Å². The monoisotopic (exact) mass is 210 g/mol. The van der Waals surface area contributed by atoms with E-state index in [4.69, 9.17) is 4.74 Å². The Balaban J connectivity index is 2.10. The fourth-order valence-electron chi connectivity index (χ4n) is 1.91. The van der Waals surface area contributed by atoms with Crippen molar-refractivity contribution in [2.75, 3.05) is 0 Å². The molecule has 0 aliphatic heterocycles. The number of ether oxygens (including phenoxy) is 1. The third kappa shape index (κ3) is 2.43. The molecule has 2 atom stereocenters. The number of alkyl halides is 1. The topological polar surface area (TPSA) is 35.0 Å². The van der Waals surface area contributed by atoms with Crippen LogP contribution in [0.25, 0.3) is 0 Å². The Kier molecular flexibility index (Phi) is 2.84. The van der Waals surface area contributed by atoms with Crippen molar-refractivity contribution in [3.8, 4) is 5.88 Å². The zero-order valence-electron chi connectivity index (χ0n) is 9.03. The summed E-state index contributed by atoms with van der Waals surface area (Å²) >= 11 is 0. The summed E-state index contributed by atoms with van der Waals surface area (Å²) in [5.41, 5.74) is 0.853. The molecule has 15 heavy (non-hydrogen) atoms. The lowest BCUT2D eigenvalue weighted by Gasteiger charge is -2.15. The number of nitrogens with zero attached hydrogens (tertiary/aromatic N) is 2. The van der Waals surface area contributed by atoms with Gasteiger partial charge in [0.2, 0.25) is 5.88 Å². The molecule has 0 saturated heterocycles. The smallest absolute Gasteiger partial charge is 0.217 e. The van der Waals surface area contributed by atoms with Crippen LogP contribution < -0.4 is 4.74 Å². The van der Waals surface area contributed by atoms with E-state index in [1.807, 2.05) is 6.92 Å². The molecule has 1 aromatic rings. The van der Waals surface area contributed by atoms with Crippen molar-refractivity contribution in [2.45, 2.75) is 45.4 Å². The van der Waals surface area contributed by atoms with Crippen molar-refractivity contribution in [1.82, 2.24) is 9.97 Å². The summed E-state index contributed by atoms with van der Waals surface area (Å²) in [4.78, 5) is 8.27. The van der Waals surface area contributed by atoms with Crippen LogP contribution in [-0.2, 0) is 0 Å². The second-order valence-electron chi connectivity index (χ2n) is 4.00. The van der Waals surface area contributed by atoms with E-state index in [1.54, 1.807) is 13.0 Å². The molecule has 0 bridgehead atoms. The van der Waals surface area contributed by atoms with E-state index in [9.17, 15) is 4.39 Å². The molecule has 1 aliphatic rings. The molecule has 0 spiro atoms. The molecule has 1 aromatic heterocycles. The van der Waals surface area contributed by atoms with Gasteiger partial charge in [0.25, 0.3) is 0 Å². The number of hydrogen-bond acceptors (Lipinski definition) is 3.